The van der Waals surface area contributed by atoms with E-state index in [2.05, 4.69) is 26.0 Å². The van der Waals surface area contributed by atoms with E-state index in [1.54, 1.807) is 0 Å². The van der Waals surface area contributed by atoms with Gasteiger partial charge in [0.1, 0.15) is 11.6 Å². The van der Waals surface area contributed by atoms with Crippen LogP contribution in [0.1, 0.15) is 0 Å². The van der Waals surface area contributed by atoms with Crippen molar-refractivity contribution in [3.8, 4) is 0 Å². The van der Waals surface area contributed by atoms with Crippen LogP contribution in [0.3, 0.4) is 0 Å². The van der Waals surface area contributed by atoms with E-state index in [0.717, 1.165) is 12.1 Å². The summed E-state index contributed by atoms with van der Waals surface area (Å²) in [7, 11) is 0. The molecule has 0 saturated heterocycles. The molecule has 0 radical (unpaired) electrons. The Hall–Kier alpha value is -1.13. The van der Waals surface area contributed by atoms with Crippen molar-refractivity contribution in [1.82, 2.24) is 0 Å². The summed E-state index contributed by atoms with van der Waals surface area (Å²) >= 11 is 2.78. The van der Waals surface area contributed by atoms with E-state index in [4.69, 9.17) is 5.53 Å². The highest BCUT2D eigenvalue weighted by molar-refractivity contribution is 9.10. The van der Waals surface area contributed by atoms with Crippen molar-refractivity contribution in [2.75, 3.05) is 0 Å². The Bertz CT molecular complexity index is 360. The largest absolute Gasteiger partial charge is 0.206 e. The lowest BCUT2D eigenvalue weighted by Gasteiger charge is -1.97. The van der Waals surface area contributed by atoms with Crippen molar-refractivity contribution >= 4 is 21.6 Å². The second-order valence-corrected chi connectivity index (χ2v) is 2.76. The first-order valence-corrected chi connectivity index (χ1v) is 3.64. The molecule has 1 aromatic rings. The predicted octanol–water partition coefficient (Wildman–Crippen LogP) is 3.67. The van der Waals surface area contributed by atoms with Gasteiger partial charge in [-0.1, -0.05) is 5.11 Å². The van der Waals surface area contributed by atoms with E-state index < -0.39 is 11.6 Å². The first-order chi connectivity index (χ1) is 5.65. The minimum atomic E-state index is -0.763. The lowest BCUT2D eigenvalue weighted by Crippen LogP contribution is -1.80. The van der Waals surface area contributed by atoms with Gasteiger partial charge in [-0.25, -0.2) is 8.78 Å². The zero-order valence-corrected chi connectivity index (χ0v) is 7.22. The zero-order chi connectivity index (χ0) is 9.14. The summed E-state index contributed by atoms with van der Waals surface area (Å²) in [5.41, 5.74) is 7.61. The Balaban J connectivity index is 3.32. The van der Waals surface area contributed by atoms with Gasteiger partial charge in [-0.2, -0.15) is 0 Å². The maximum Gasteiger partial charge on any atom is 0.138 e. The van der Waals surface area contributed by atoms with Gasteiger partial charge in [-0.05, 0) is 33.6 Å². The van der Waals surface area contributed by atoms with Crippen molar-refractivity contribution in [1.29, 1.82) is 0 Å². The van der Waals surface area contributed by atoms with E-state index in [-0.39, 0.29) is 10.2 Å². The Labute approximate surface area is 74.8 Å². The molecule has 0 saturated carbocycles. The molecule has 62 valence electrons. The molecule has 0 N–H and O–H groups in total. The fourth-order valence-electron chi connectivity index (χ4n) is 0.637. The molecular formula is C6H2BrF2N3. The topological polar surface area (TPSA) is 48.8 Å². The van der Waals surface area contributed by atoms with Crippen LogP contribution >= 0.6 is 15.9 Å². The summed E-state index contributed by atoms with van der Waals surface area (Å²) in [5, 5.41) is 2.95. The molecule has 12 heavy (non-hydrogen) atoms. The lowest BCUT2D eigenvalue weighted by molar-refractivity contribution is 0.596. The molecule has 0 amide bonds. The van der Waals surface area contributed by atoms with Crippen LogP contribution < -0.4 is 0 Å². The van der Waals surface area contributed by atoms with E-state index >= 15 is 0 Å². The van der Waals surface area contributed by atoms with Gasteiger partial charge in [-0.15, -0.1) is 0 Å². The van der Waals surface area contributed by atoms with Gasteiger partial charge in [0.2, 0.25) is 0 Å². The molecule has 0 unspecified atom stereocenters. The number of azide groups is 1. The van der Waals surface area contributed by atoms with Crippen molar-refractivity contribution in [3.63, 3.8) is 0 Å². The Kier molecular flexibility index (Phi) is 2.62. The minimum absolute atomic E-state index is 0.00288. The molecule has 0 aliphatic rings. The smallest absolute Gasteiger partial charge is 0.138 e. The number of hydrogen-bond acceptors (Lipinski definition) is 1. The van der Waals surface area contributed by atoms with Crippen molar-refractivity contribution in [2.24, 2.45) is 5.11 Å². The van der Waals surface area contributed by atoms with Crippen LogP contribution in [-0.2, 0) is 0 Å². The number of hydrogen-bond donors (Lipinski definition) is 0. The SMILES string of the molecule is [N-]=[N+]=Nc1cc(F)c(Br)cc1F. The van der Waals surface area contributed by atoms with Crippen LogP contribution in [-0.4, -0.2) is 0 Å². The van der Waals surface area contributed by atoms with Gasteiger partial charge in [0.15, 0.2) is 0 Å². The van der Waals surface area contributed by atoms with Gasteiger partial charge in [-0.3, -0.25) is 0 Å². The van der Waals surface area contributed by atoms with Crippen LogP contribution in [0.4, 0.5) is 14.5 Å². The third kappa shape index (κ3) is 1.72. The monoisotopic (exact) mass is 233 g/mol. The minimum Gasteiger partial charge on any atom is -0.206 e. The average Bonchev–Trinajstić information content (AvgIpc) is 2.01. The average molecular weight is 234 g/mol. The van der Waals surface area contributed by atoms with E-state index in [9.17, 15) is 8.78 Å². The Morgan fingerprint density at radius 3 is 2.58 bits per heavy atom. The molecule has 0 spiro atoms. The van der Waals surface area contributed by atoms with Gasteiger partial charge < -0.3 is 0 Å². The molecule has 0 aromatic heterocycles. The molecule has 0 aliphatic carbocycles. The first-order valence-electron chi connectivity index (χ1n) is 2.85. The molecule has 0 aliphatic heterocycles. The second kappa shape index (κ2) is 3.51. The van der Waals surface area contributed by atoms with Gasteiger partial charge in [0, 0.05) is 4.91 Å². The molecule has 3 nitrogen and oxygen atoms in total. The molecule has 0 fully saturated rings. The van der Waals surface area contributed by atoms with Crippen LogP contribution in [0.5, 0.6) is 0 Å². The Morgan fingerprint density at radius 2 is 2.00 bits per heavy atom. The van der Waals surface area contributed by atoms with E-state index in [1.165, 1.54) is 0 Å². The van der Waals surface area contributed by atoms with Crippen molar-refractivity contribution < 1.29 is 8.78 Å². The molecule has 0 bridgehead atoms. The van der Waals surface area contributed by atoms with Gasteiger partial charge >= 0.3 is 0 Å². The summed E-state index contributed by atoms with van der Waals surface area (Å²) in [6.45, 7) is 0. The van der Waals surface area contributed by atoms with E-state index in [0.29, 0.717) is 0 Å². The summed E-state index contributed by atoms with van der Waals surface area (Å²) in [6.07, 6.45) is 0. The zero-order valence-electron chi connectivity index (χ0n) is 5.63. The maximum atomic E-state index is 12.8. The van der Waals surface area contributed by atoms with Crippen LogP contribution in [0.2, 0.25) is 0 Å². The highest BCUT2D eigenvalue weighted by Crippen LogP contribution is 2.25. The highest BCUT2D eigenvalue weighted by atomic mass is 79.9. The van der Waals surface area contributed by atoms with Crippen molar-refractivity contribution in [2.45, 2.75) is 0 Å². The van der Waals surface area contributed by atoms with Crippen LogP contribution in [0.25, 0.3) is 10.4 Å². The normalized spacial score (nSPS) is 9.25. The summed E-state index contributed by atoms with van der Waals surface area (Å²) in [5.74, 6) is -1.43. The molecule has 0 heterocycles. The molecular weight excluding hydrogens is 232 g/mol. The molecule has 0 atom stereocenters. The van der Waals surface area contributed by atoms with Gasteiger partial charge in [0.05, 0.1) is 10.2 Å². The lowest BCUT2D eigenvalue weighted by atomic mass is 10.3. The molecule has 6 heteroatoms. The van der Waals surface area contributed by atoms with Gasteiger partial charge in [0.25, 0.3) is 0 Å². The highest BCUT2D eigenvalue weighted by Gasteiger charge is 2.05. The fraction of sp³-hybridized carbons (Fsp3) is 0. The summed E-state index contributed by atoms with van der Waals surface area (Å²) in [4.78, 5) is 2.34. The predicted molar refractivity (Wildman–Crippen MR) is 42.9 cm³/mol. The third-order valence-corrected chi connectivity index (χ3v) is 1.75. The van der Waals surface area contributed by atoms with Crippen LogP contribution in [0, 0.1) is 11.6 Å². The number of benzene rings is 1. The molecule has 1 rings (SSSR count). The fourth-order valence-corrected chi connectivity index (χ4v) is 0.952. The van der Waals surface area contributed by atoms with Crippen LogP contribution in [0.15, 0.2) is 21.7 Å². The Morgan fingerprint density at radius 1 is 1.33 bits per heavy atom. The summed E-state index contributed by atoms with van der Waals surface area (Å²) < 4.78 is 25.4. The molecule has 1 aromatic carbocycles. The maximum absolute atomic E-state index is 12.8. The number of nitrogens with zero attached hydrogens (tertiary/aromatic N) is 3. The first kappa shape index (κ1) is 8.96. The number of halogens is 3. The number of rotatable bonds is 1. The van der Waals surface area contributed by atoms with E-state index in [1.807, 2.05) is 0 Å². The third-order valence-electron chi connectivity index (χ3n) is 1.14. The summed E-state index contributed by atoms with van der Waals surface area (Å²) in [6, 6.07) is 1.72. The van der Waals surface area contributed by atoms with Crippen molar-refractivity contribution in [3.05, 3.63) is 38.7 Å². The standard InChI is InChI=1S/C6H2BrF2N3/c7-3-1-5(9)6(11-12-10)2-4(3)8/h1-2H. The quantitative estimate of drug-likeness (QED) is 0.308. The second-order valence-electron chi connectivity index (χ2n) is 1.91.